The Morgan fingerprint density at radius 3 is 0.846 bits per heavy atom. The van der Waals surface area contributed by atoms with Gasteiger partial charge in [0.2, 0.25) is 0 Å². The van der Waals surface area contributed by atoms with E-state index < -0.39 is 23.9 Å². The molecular formula is C14H32N2Na2O8. The first kappa shape index (κ1) is 40.5. The number of carboxylic acid groups (broad SMARTS) is 4. The van der Waals surface area contributed by atoms with Crippen molar-refractivity contribution < 1.29 is 102 Å². The second-order valence-corrected chi connectivity index (χ2v) is 4.69. The molecule has 0 saturated heterocycles. The molecule has 10 nitrogen and oxygen atoms in total. The maximum atomic E-state index is 9.00. The average molecular weight is 402 g/mol. The Bertz CT molecular complexity index is 307. The summed E-state index contributed by atoms with van der Waals surface area (Å²) in [5, 5.41) is 29.7. The fourth-order valence-corrected chi connectivity index (χ4v) is 1.19. The third-order valence-electron chi connectivity index (χ3n) is 1.87. The molecule has 0 radical (unpaired) electrons. The Labute approximate surface area is 201 Å². The fraction of sp³-hybridized carbons (Fsp3) is 0.714. The van der Waals surface area contributed by atoms with E-state index in [1.165, 1.54) is 12.8 Å². The van der Waals surface area contributed by atoms with Crippen LogP contribution in [0.25, 0.3) is 0 Å². The quantitative estimate of drug-likeness (QED) is 0.213. The van der Waals surface area contributed by atoms with Crippen LogP contribution in [0, 0.1) is 0 Å². The van der Waals surface area contributed by atoms with Crippen LogP contribution in [0.2, 0.25) is 0 Å². The molecule has 1 rings (SSSR count). The zero-order valence-corrected chi connectivity index (χ0v) is 20.6. The Balaban J connectivity index is -0.0000000300. The zero-order chi connectivity index (χ0) is 20.3. The van der Waals surface area contributed by atoms with Gasteiger partial charge in [-0.1, -0.05) is 12.8 Å². The average Bonchev–Trinajstić information content (AvgIpc) is 2.30. The van der Waals surface area contributed by atoms with Gasteiger partial charge in [0.25, 0.3) is 23.9 Å². The van der Waals surface area contributed by atoms with Crippen molar-refractivity contribution in [1.29, 1.82) is 0 Å². The van der Waals surface area contributed by atoms with Crippen molar-refractivity contribution in [3.05, 3.63) is 0 Å². The Morgan fingerprint density at radius 1 is 0.654 bits per heavy atom. The number of carboxylic acids is 4. The van der Waals surface area contributed by atoms with Gasteiger partial charge in [-0.15, -0.1) is 0 Å². The van der Waals surface area contributed by atoms with Gasteiger partial charge in [-0.2, -0.15) is 0 Å². The number of hydrogen-bond acceptors (Lipinski definition) is 6. The molecule has 1 aliphatic carbocycles. The number of hydrogen-bond donors (Lipinski definition) is 6. The predicted octanol–water partition coefficient (Wildman–Crippen LogP) is -5.19. The molecule has 2 unspecified atom stereocenters. The van der Waals surface area contributed by atoms with Crippen molar-refractivity contribution in [2.24, 2.45) is 11.5 Å². The number of aliphatic carboxylic acids is 4. The second-order valence-electron chi connectivity index (χ2n) is 4.69. The summed E-state index contributed by atoms with van der Waals surface area (Å²) >= 11 is 0. The van der Waals surface area contributed by atoms with Gasteiger partial charge in [-0.3, -0.25) is 19.2 Å². The van der Waals surface area contributed by atoms with Crippen molar-refractivity contribution in [2.75, 3.05) is 0 Å². The molecule has 8 N–H and O–H groups in total. The minimum Gasteiger partial charge on any atom is -1.00 e. The smallest absolute Gasteiger partial charge is 1.00 e. The number of rotatable bonds is 0. The zero-order valence-electron chi connectivity index (χ0n) is 18.6. The van der Waals surface area contributed by atoms with Gasteiger partial charge < -0.3 is 34.7 Å². The van der Waals surface area contributed by atoms with Crippen LogP contribution < -0.4 is 70.6 Å². The third-order valence-corrected chi connectivity index (χ3v) is 1.87. The maximum Gasteiger partial charge on any atom is 1.00 e. The van der Waals surface area contributed by atoms with Crippen LogP contribution in [0.15, 0.2) is 0 Å². The van der Waals surface area contributed by atoms with E-state index in [0.29, 0.717) is 0 Å². The molecule has 0 aromatic carbocycles. The van der Waals surface area contributed by atoms with E-state index in [1.807, 2.05) is 0 Å². The van der Waals surface area contributed by atoms with Gasteiger partial charge in [0.1, 0.15) is 0 Å². The molecule has 0 spiro atoms. The predicted molar refractivity (Wildman–Crippen MR) is 89.9 cm³/mol. The first-order chi connectivity index (χ1) is 10.7. The van der Waals surface area contributed by atoms with E-state index in [0.717, 1.165) is 40.5 Å². The molecule has 0 aromatic rings. The molecule has 12 heteroatoms. The largest absolute Gasteiger partial charge is 1.00 e. The molecule has 0 aliphatic heterocycles. The van der Waals surface area contributed by atoms with Crippen molar-refractivity contribution in [1.82, 2.24) is 0 Å². The monoisotopic (exact) mass is 402 g/mol. The van der Waals surface area contributed by atoms with Gasteiger partial charge in [-0.05, 0) is 12.8 Å². The molecule has 26 heavy (non-hydrogen) atoms. The SMILES string of the molecule is CC(=O)O.CC(=O)O.CC(=O)O.CC(=O)O.NC1CCCCC1N.[H-].[H-].[Na+].[Na+]. The molecule has 2 atom stereocenters. The Kier molecular flexibility index (Phi) is 46.0. The van der Waals surface area contributed by atoms with Crippen LogP contribution in [0.1, 0.15) is 56.2 Å². The van der Waals surface area contributed by atoms with Gasteiger partial charge in [0, 0.05) is 39.8 Å². The minimum atomic E-state index is -0.833. The fourth-order valence-electron chi connectivity index (χ4n) is 1.19. The Morgan fingerprint density at radius 2 is 0.769 bits per heavy atom. The van der Waals surface area contributed by atoms with E-state index in [-0.39, 0.29) is 74.1 Å². The van der Waals surface area contributed by atoms with Crippen molar-refractivity contribution in [2.45, 2.75) is 65.5 Å². The summed E-state index contributed by atoms with van der Waals surface area (Å²) in [5.74, 6) is -3.33. The van der Waals surface area contributed by atoms with Crippen LogP contribution in [0.3, 0.4) is 0 Å². The van der Waals surface area contributed by atoms with Crippen LogP contribution in [0.4, 0.5) is 0 Å². The first-order valence-electron chi connectivity index (χ1n) is 7.03. The molecule has 1 aliphatic rings. The summed E-state index contributed by atoms with van der Waals surface area (Å²) in [6, 6.07) is 0.562. The van der Waals surface area contributed by atoms with Crippen molar-refractivity contribution in [3.63, 3.8) is 0 Å². The van der Waals surface area contributed by atoms with E-state index in [9.17, 15) is 0 Å². The topological polar surface area (TPSA) is 201 Å². The van der Waals surface area contributed by atoms with Gasteiger partial charge in [-0.25, -0.2) is 0 Å². The summed E-state index contributed by atoms with van der Waals surface area (Å²) in [4.78, 5) is 36.0. The van der Waals surface area contributed by atoms with Crippen LogP contribution in [-0.2, 0) is 19.2 Å². The summed E-state index contributed by atoms with van der Waals surface area (Å²) in [6.45, 7) is 4.33. The van der Waals surface area contributed by atoms with Gasteiger partial charge in [0.15, 0.2) is 0 Å². The van der Waals surface area contributed by atoms with Gasteiger partial charge in [0.05, 0.1) is 0 Å². The number of nitrogens with two attached hydrogens (primary N) is 2. The molecular weight excluding hydrogens is 370 g/mol. The minimum absolute atomic E-state index is 0. The van der Waals surface area contributed by atoms with Crippen molar-refractivity contribution in [3.8, 4) is 0 Å². The Hall–Kier alpha value is -0.200. The van der Waals surface area contributed by atoms with E-state index in [2.05, 4.69) is 0 Å². The van der Waals surface area contributed by atoms with Crippen LogP contribution in [0.5, 0.6) is 0 Å². The normalized spacial score (nSPS) is 16.1. The molecule has 0 heterocycles. The molecule has 0 amide bonds. The molecule has 1 saturated carbocycles. The van der Waals surface area contributed by atoms with E-state index in [1.54, 1.807) is 0 Å². The van der Waals surface area contributed by atoms with E-state index >= 15 is 0 Å². The maximum absolute atomic E-state index is 9.00. The van der Waals surface area contributed by atoms with E-state index in [4.69, 9.17) is 51.1 Å². The van der Waals surface area contributed by atoms with Crippen molar-refractivity contribution >= 4 is 23.9 Å². The molecule has 148 valence electrons. The first-order valence-corrected chi connectivity index (χ1v) is 7.03. The summed E-state index contributed by atoms with van der Waals surface area (Å²) in [6.07, 6.45) is 4.80. The van der Waals surface area contributed by atoms with Crippen LogP contribution in [-0.4, -0.2) is 56.4 Å². The standard InChI is InChI=1S/C6H14N2.4C2H4O2.2Na.2H/c7-5-3-1-2-4-6(5)8;4*1-2(3)4;;;;/h5-6H,1-4,7-8H2;4*1H3,(H,3,4);;;;/q;;;;;2*+1;2*-1. The van der Waals surface area contributed by atoms with Gasteiger partial charge >= 0.3 is 59.1 Å². The van der Waals surface area contributed by atoms with Crippen LogP contribution >= 0.6 is 0 Å². The second kappa shape index (κ2) is 29.6. The molecule has 0 bridgehead atoms. The molecule has 0 aromatic heterocycles. The summed E-state index contributed by atoms with van der Waals surface area (Å²) < 4.78 is 0. The summed E-state index contributed by atoms with van der Waals surface area (Å²) in [7, 11) is 0. The third kappa shape index (κ3) is 106. The number of carbonyl (C=O) groups is 4. The molecule has 1 fully saturated rings. The summed E-state index contributed by atoms with van der Waals surface area (Å²) in [5.41, 5.74) is 11.3.